The van der Waals surface area contributed by atoms with E-state index in [-0.39, 0.29) is 5.89 Å². The Morgan fingerprint density at radius 3 is 2.77 bits per heavy atom. The number of alkyl halides is 3. The second-order valence-electron chi connectivity index (χ2n) is 4.70. The predicted octanol–water partition coefficient (Wildman–Crippen LogP) is 3.47. The molecule has 0 spiro atoms. The zero-order chi connectivity index (χ0) is 15.7. The van der Waals surface area contributed by atoms with Gasteiger partial charge in [0, 0.05) is 23.7 Å². The van der Waals surface area contributed by atoms with Crippen LogP contribution in [0.25, 0.3) is 22.7 Å². The highest BCUT2D eigenvalue weighted by Gasteiger charge is 2.30. The van der Waals surface area contributed by atoms with Gasteiger partial charge in [-0.15, -0.1) is 0 Å². The standard InChI is InChI=1S/C14H11F3N4O/c1-9-11(6-19-21(9)8-14(15,16)17)13-20-12(7-22-13)10-3-2-4-18-5-10/h2-7H,8H2,1H3. The Bertz CT molecular complexity index is 777. The van der Waals surface area contributed by atoms with Crippen LogP contribution in [-0.4, -0.2) is 25.9 Å². The minimum absolute atomic E-state index is 0.227. The molecule has 3 aromatic heterocycles. The van der Waals surface area contributed by atoms with Gasteiger partial charge < -0.3 is 4.42 Å². The van der Waals surface area contributed by atoms with Crippen molar-refractivity contribution in [2.45, 2.75) is 19.6 Å². The lowest BCUT2D eigenvalue weighted by atomic mass is 10.2. The highest BCUT2D eigenvalue weighted by Crippen LogP contribution is 2.27. The SMILES string of the molecule is Cc1c(-c2nc(-c3cccnc3)co2)cnn1CC(F)(F)F. The van der Waals surface area contributed by atoms with E-state index in [9.17, 15) is 13.2 Å². The first-order chi connectivity index (χ1) is 10.4. The van der Waals surface area contributed by atoms with Gasteiger partial charge in [0.15, 0.2) is 0 Å². The molecule has 3 heterocycles. The normalized spacial score (nSPS) is 11.8. The average molecular weight is 308 g/mol. The summed E-state index contributed by atoms with van der Waals surface area (Å²) in [6, 6.07) is 3.57. The van der Waals surface area contributed by atoms with E-state index in [1.807, 2.05) is 6.07 Å². The molecule has 114 valence electrons. The average Bonchev–Trinajstić information content (AvgIpc) is 3.07. The van der Waals surface area contributed by atoms with Crippen LogP contribution >= 0.6 is 0 Å². The van der Waals surface area contributed by atoms with E-state index >= 15 is 0 Å². The third kappa shape index (κ3) is 2.85. The fourth-order valence-corrected chi connectivity index (χ4v) is 2.03. The zero-order valence-corrected chi connectivity index (χ0v) is 11.5. The number of nitrogens with zero attached hydrogens (tertiary/aromatic N) is 4. The third-order valence-electron chi connectivity index (χ3n) is 3.12. The highest BCUT2D eigenvalue weighted by molar-refractivity contribution is 5.62. The van der Waals surface area contributed by atoms with Crippen molar-refractivity contribution in [3.63, 3.8) is 0 Å². The van der Waals surface area contributed by atoms with Crippen LogP contribution in [-0.2, 0) is 6.54 Å². The molecule has 8 heteroatoms. The van der Waals surface area contributed by atoms with Crippen LogP contribution in [0.1, 0.15) is 5.69 Å². The van der Waals surface area contributed by atoms with Crippen molar-refractivity contribution in [1.82, 2.24) is 19.7 Å². The number of rotatable bonds is 3. The molecular weight excluding hydrogens is 297 g/mol. The van der Waals surface area contributed by atoms with Crippen LogP contribution in [0.5, 0.6) is 0 Å². The number of oxazole rings is 1. The second-order valence-corrected chi connectivity index (χ2v) is 4.70. The molecule has 0 unspecified atom stereocenters. The highest BCUT2D eigenvalue weighted by atomic mass is 19.4. The van der Waals surface area contributed by atoms with Crippen LogP contribution in [0.2, 0.25) is 0 Å². The Morgan fingerprint density at radius 2 is 2.09 bits per heavy atom. The van der Waals surface area contributed by atoms with Gasteiger partial charge in [0.2, 0.25) is 5.89 Å². The molecule has 5 nitrogen and oxygen atoms in total. The number of aromatic nitrogens is 4. The Hall–Kier alpha value is -2.64. The van der Waals surface area contributed by atoms with Gasteiger partial charge in [0.1, 0.15) is 18.5 Å². The largest absolute Gasteiger partial charge is 0.444 e. The molecule has 0 atom stereocenters. The van der Waals surface area contributed by atoms with Crippen molar-refractivity contribution >= 4 is 0 Å². The minimum atomic E-state index is -4.33. The molecule has 0 aliphatic rings. The molecule has 0 N–H and O–H groups in total. The Kier molecular flexibility index (Phi) is 3.44. The maximum absolute atomic E-state index is 12.5. The quantitative estimate of drug-likeness (QED) is 0.743. The first kappa shape index (κ1) is 14.3. The van der Waals surface area contributed by atoms with E-state index < -0.39 is 12.7 Å². The van der Waals surface area contributed by atoms with Crippen LogP contribution in [0.4, 0.5) is 13.2 Å². The molecule has 0 aromatic carbocycles. The predicted molar refractivity (Wildman–Crippen MR) is 71.7 cm³/mol. The van der Waals surface area contributed by atoms with Gasteiger partial charge in [-0.3, -0.25) is 9.67 Å². The number of halogens is 3. The molecule has 0 aliphatic heterocycles. The molecule has 0 bridgehead atoms. The van der Waals surface area contributed by atoms with Gasteiger partial charge in [-0.25, -0.2) is 4.98 Å². The Morgan fingerprint density at radius 1 is 1.27 bits per heavy atom. The fraction of sp³-hybridized carbons (Fsp3) is 0.214. The van der Waals surface area contributed by atoms with Gasteiger partial charge in [0.25, 0.3) is 0 Å². The molecule has 3 aromatic rings. The van der Waals surface area contributed by atoms with Crippen LogP contribution in [0, 0.1) is 6.92 Å². The van der Waals surface area contributed by atoms with E-state index in [1.165, 1.54) is 12.5 Å². The van der Waals surface area contributed by atoms with Gasteiger partial charge in [-0.05, 0) is 19.1 Å². The first-order valence-electron chi connectivity index (χ1n) is 6.39. The summed E-state index contributed by atoms with van der Waals surface area (Å²) in [4.78, 5) is 8.26. The summed E-state index contributed by atoms with van der Waals surface area (Å²) in [5.41, 5.74) is 2.10. The summed E-state index contributed by atoms with van der Waals surface area (Å²) in [7, 11) is 0. The second kappa shape index (κ2) is 5.28. The van der Waals surface area contributed by atoms with Gasteiger partial charge in [0.05, 0.1) is 11.8 Å². The van der Waals surface area contributed by atoms with Crippen molar-refractivity contribution in [2.24, 2.45) is 0 Å². The summed E-state index contributed by atoms with van der Waals surface area (Å²) < 4.78 is 43.6. The minimum Gasteiger partial charge on any atom is -0.444 e. The van der Waals surface area contributed by atoms with E-state index in [0.29, 0.717) is 17.0 Å². The van der Waals surface area contributed by atoms with Gasteiger partial charge >= 0.3 is 6.18 Å². The molecule has 0 fully saturated rings. The van der Waals surface area contributed by atoms with Crippen molar-refractivity contribution in [3.8, 4) is 22.7 Å². The molecule has 0 saturated carbocycles. The summed E-state index contributed by atoms with van der Waals surface area (Å²) in [5.74, 6) is 0.227. The molecule has 3 rings (SSSR count). The van der Waals surface area contributed by atoms with Crippen LogP contribution < -0.4 is 0 Å². The molecule has 0 amide bonds. The van der Waals surface area contributed by atoms with Crippen molar-refractivity contribution in [3.05, 3.63) is 42.7 Å². The lowest BCUT2D eigenvalue weighted by Crippen LogP contribution is -2.19. The van der Waals surface area contributed by atoms with E-state index in [0.717, 1.165) is 10.2 Å². The van der Waals surface area contributed by atoms with Gasteiger partial charge in [-0.1, -0.05) is 0 Å². The first-order valence-corrected chi connectivity index (χ1v) is 6.39. The molecule has 0 saturated heterocycles. The summed E-state index contributed by atoms with van der Waals surface area (Å²) in [6.45, 7) is 0.400. The van der Waals surface area contributed by atoms with Gasteiger partial charge in [-0.2, -0.15) is 18.3 Å². The molecular formula is C14H11F3N4O. The lowest BCUT2D eigenvalue weighted by Gasteiger charge is -2.07. The maximum atomic E-state index is 12.5. The van der Waals surface area contributed by atoms with Crippen LogP contribution in [0.15, 0.2) is 41.4 Å². The number of hydrogen-bond donors (Lipinski definition) is 0. The Labute approximate surface area is 123 Å². The summed E-state index contributed by atoms with van der Waals surface area (Å²) in [5, 5.41) is 3.74. The monoisotopic (exact) mass is 308 g/mol. The summed E-state index contributed by atoms with van der Waals surface area (Å²) in [6.07, 6.45) is 1.69. The molecule has 22 heavy (non-hydrogen) atoms. The topological polar surface area (TPSA) is 56.7 Å². The van der Waals surface area contributed by atoms with Crippen molar-refractivity contribution in [2.75, 3.05) is 0 Å². The Balaban J connectivity index is 1.91. The fourth-order valence-electron chi connectivity index (χ4n) is 2.03. The van der Waals surface area contributed by atoms with Crippen LogP contribution in [0.3, 0.4) is 0 Å². The smallest absolute Gasteiger partial charge is 0.408 e. The van der Waals surface area contributed by atoms with E-state index in [2.05, 4.69) is 15.1 Å². The zero-order valence-electron chi connectivity index (χ0n) is 11.5. The van der Waals surface area contributed by atoms with E-state index in [4.69, 9.17) is 4.42 Å². The number of hydrogen-bond acceptors (Lipinski definition) is 4. The van der Waals surface area contributed by atoms with Crippen molar-refractivity contribution < 1.29 is 17.6 Å². The number of pyridine rings is 1. The third-order valence-corrected chi connectivity index (χ3v) is 3.12. The van der Waals surface area contributed by atoms with E-state index in [1.54, 1.807) is 25.4 Å². The summed E-state index contributed by atoms with van der Waals surface area (Å²) >= 11 is 0. The lowest BCUT2D eigenvalue weighted by molar-refractivity contribution is -0.142. The maximum Gasteiger partial charge on any atom is 0.408 e. The van der Waals surface area contributed by atoms with Crippen molar-refractivity contribution in [1.29, 1.82) is 0 Å². The molecule has 0 aliphatic carbocycles. The molecule has 0 radical (unpaired) electrons.